The molecule has 0 amide bonds. The van der Waals surface area contributed by atoms with E-state index in [2.05, 4.69) is 41.0 Å². The lowest BCUT2D eigenvalue weighted by Gasteiger charge is -2.06. The molecule has 2 rings (SSSR count). The lowest BCUT2D eigenvalue weighted by atomic mass is 10.2. The highest BCUT2D eigenvalue weighted by atomic mass is 16.5. The van der Waals surface area contributed by atoms with Crippen LogP contribution in [0.25, 0.3) is 11.0 Å². The van der Waals surface area contributed by atoms with Gasteiger partial charge >= 0.3 is 0 Å². The van der Waals surface area contributed by atoms with Crippen LogP contribution >= 0.6 is 0 Å². The molecule has 0 saturated heterocycles. The minimum atomic E-state index is 0.564. The van der Waals surface area contributed by atoms with Crippen molar-refractivity contribution in [2.24, 2.45) is 5.92 Å². The van der Waals surface area contributed by atoms with Crippen LogP contribution in [0.15, 0.2) is 24.5 Å². The summed E-state index contributed by atoms with van der Waals surface area (Å²) in [4.78, 5) is 4.45. The topological polar surface area (TPSA) is 39.1 Å². The number of pyridine rings is 1. The van der Waals surface area contributed by atoms with Crippen molar-refractivity contribution in [1.29, 1.82) is 0 Å². The smallest absolute Gasteiger partial charge is 0.142 e. The van der Waals surface area contributed by atoms with Crippen molar-refractivity contribution in [3.63, 3.8) is 0 Å². The Morgan fingerprint density at radius 2 is 2.26 bits per heavy atom. The minimum Gasteiger partial charge on any atom is -0.361 e. The molecule has 1 N–H and O–H groups in total. The van der Waals surface area contributed by atoms with Gasteiger partial charge in [-0.1, -0.05) is 13.8 Å². The Morgan fingerprint density at radius 3 is 3.00 bits per heavy atom. The zero-order valence-electron chi connectivity index (χ0n) is 12.0. The van der Waals surface area contributed by atoms with E-state index in [1.165, 1.54) is 10.9 Å². The maximum absolute atomic E-state index is 5.49. The summed E-state index contributed by atoms with van der Waals surface area (Å²) < 4.78 is 7.56. The molecule has 0 aromatic carbocycles. The average molecular weight is 261 g/mol. The van der Waals surface area contributed by atoms with Gasteiger partial charge in [-0.2, -0.15) is 0 Å². The standard InChI is InChI=1S/C15H23N3O/c1-4-19-11-18-10-13(9-16-8-12(2)3)14-6-5-7-17-15(14)18/h5-7,10,12,16H,4,8-9,11H2,1-3H3. The van der Waals surface area contributed by atoms with Gasteiger partial charge in [0.15, 0.2) is 0 Å². The Morgan fingerprint density at radius 1 is 1.42 bits per heavy atom. The summed E-state index contributed by atoms with van der Waals surface area (Å²) in [5.41, 5.74) is 2.28. The number of hydrogen-bond acceptors (Lipinski definition) is 3. The minimum absolute atomic E-state index is 0.564. The Hall–Kier alpha value is -1.39. The lowest BCUT2D eigenvalue weighted by Crippen LogP contribution is -2.18. The molecule has 4 nitrogen and oxygen atoms in total. The second kappa shape index (κ2) is 6.68. The van der Waals surface area contributed by atoms with Gasteiger partial charge in [0, 0.05) is 30.9 Å². The number of hydrogen-bond donors (Lipinski definition) is 1. The summed E-state index contributed by atoms with van der Waals surface area (Å²) in [5, 5.41) is 4.69. The van der Waals surface area contributed by atoms with E-state index in [9.17, 15) is 0 Å². The largest absolute Gasteiger partial charge is 0.361 e. The van der Waals surface area contributed by atoms with Crippen molar-refractivity contribution >= 4 is 11.0 Å². The fourth-order valence-corrected chi connectivity index (χ4v) is 2.12. The van der Waals surface area contributed by atoms with Gasteiger partial charge in [-0.3, -0.25) is 0 Å². The lowest BCUT2D eigenvalue weighted by molar-refractivity contribution is 0.0904. The number of ether oxygens (including phenoxy) is 1. The van der Waals surface area contributed by atoms with Gasteiger partial charge in [-0.15, -0.1) is 0 Å². The van der Waals surface area contributed by atoms with Gasteiger partial charge in [0.25, 0.3) is 0 Å². The van der Waals surface area contributed by atoms with E-state index in [0.29, 0.717) is 19.3 Å². The molecule has 0 aliphatic carbocycles. The van der Waals surface area contributed by atoms with Crippen LogP contribution in [0.4, 0.5) is 0 Å². The molecule has 0 aliphatic heterocycles. The molecule has 0 spiro atoms. The first kappa shape index (κ1) is 14.0. The molecule has 4 heteroatoms. The van der Waals surface area contributed by atoms with Crippen LogP contribution in [0.2, 0.25) is 0 Å². The second-order valence-electron chi connectivity index (χ2n) is 5.15. The zero-order chi connectivity index (χ0) is 13.7. The predicted molar refractivity (Wildman–Crippen MR) is 77.9 cm³/mol. The molecule has 0 atom stereocenters. The highest BCUT2D eigenvalue weighted by Crippen LogP contribution is 2.19. The number of nitrogens with one attached hydrogen (secondary N) is 1. The molecule has 2 aromatic rings. The Bertz CT molecular complexity index is 519. The van der Waals surface area contributed by atoms with Gasteiger partial charge < -0.3 is 14.6 Å². The third kappa shape index (κ3) is 3.55. The summed E-state index contributed by atoms with van der Waals surface area (Å²) in [6.45, 7) is 9.61. The van der Waals surface area contributed by atoms with Gasteiger partial charge in [0.2, 0.25) is 0 Å². The summed E-state index contributed by atoms with van der Waals surface area (Å²) in [7, 11) is 0. The van der Waals surface area contributed by atoms with Gasteiger partial charge in [-0.25, -0.2) is 4.98 Å². The summed E-state index contributed by atoms with van der Waals surface area (Å²) in [6.07, 6.45) is 3.97. The summed E-state index contributed by atoms with van der Waals surface area (Å²) in [5.74, 6) is 0.662. The molecule has 19 heavy (non-hydrogen) atoms. The van der Waals surface area contributed by atoms with Gasteiger partial charge in [0.1, 0.15) is 12.4 Å². The monoisotopic (exact) mass is 261 g/mol. The van der Waals surface area contributed by atoms with Crippen molar-refractivity contribution < 1.29 is 4.74 Å². The first-order chi connectivity index (χ1) is 9.22. The molecule has 0 aliphatic rings. The number of fused-ring (bicyclic) bond motifs is 1. The summed E-state index contributed by atoms with van der Waals surface area (Å²) >= 11 is 0. The third-order valence-electron chi connectivity index (χ3n) is 3.02. The SMILES string of the molecule is CCOCn1cc(CNCC(C)C)c2cccnc21. The number of rotatable bonds is 7. The van der Waals surface area contributed by atoms with Crippen molar-refractivity contribution in [3.8, 4) is 0 Å². The molecule has 0 unspecified atom stereocenters. The van der Waals surface area contributed by atoms with Gasteiger partial charge in [-0.05, 0) is 37.1 Å². The van der Waals surface area contributed by atoms with Crippen LogP contribution in [0.3, 0.4) is 0 Å². The fourth-order valence-electron chi connectivity index (χ4n) is 2.12. The Balaban J connectivity index is 2.18. The van der Waals surface area contributed by atoms with Crippen LogP contribution in [0, 0.1) is 5.92 Å². The van der Waals surface area contributed by atoms with E-state index in [0.717, 1.165) is 18.7 Å². The average Bonchev–Trinajstić information content (AvgIpc) is 2.75. The van der Waals surface area contributed by atoms with Crippen LogP contribution in [-0.4, -0.2) is 22.7 Å². The van der Waals surface area contributed by atoms with E-state index in [4.69, 9.17) is 4.74 Å². The molecule has 0 fully saturated rings. The van der Waals surface area contributed by atoms with E-state index in [-0.39, 0.29) is 0 Å². The molecule has 2 heterocycles. The van der Waals surface area contributed by atoms with E-state index >= 15 is 0 Å². The van der Waals surface area contributed by atoms with E-state index in [1.807, 2.05) is 19.2 Å². The Labute approximate surface area is 114 Å². The fraction of sp³-hybridized carbons (Fsp3) is 0.533. The Kier molecular flexibility index (Phi) is 4.93. The molecular weight excluding hydrogens is 238 g/mol. The van der Waals surface area contributed by atoms with Crippen LogP contribution in [-0.2, 0) is 18.0 Å². The predicted octanol–water partition coefficient (Wildman–Crippen LogP) is 2.78. The van der Waals surface area contributed by atoms with E-state index < -0.39 is 0 Å². The molecule has 0 radical (unpaired) electrons. The second-order valence-corrected chi connectivity index (χ2v) is 5.15. The van der Waals surface area contributed by atoms with Gasteiger partial charge in [0.05, 0.1) is 0 Å². The normalized spacial score (nSPS) is 11.6. The van der Waals surface area contributed by atoms with Crippen molar-refractivity contribution in [3.05, 3.63) is 30.1 Å². The van der Waals surface area contributed by atoms with Crippen molar-refractivity contribution in [1.82, 2.24) is 14.9 Å². The van der Waals surface area contributed by atoms with Crippen LogP contribution in [0.5, 0.6) is 0 Å². The molecule has 104 valence electrons. The van der Waals surface area contributed by atoms with Crippen LogP contribution < -0.4 is 5.32 Å². The maximum atomic E-state index is 5.49. The first-order valence-corrected chi connectivity index (χ1v) is 6.93. The van der Waals surface area contributed by atoms with Crippen molar-refractivity contribution in [2.45, 2.75) is 34.0 Å². The van der Waals surface area contributed by atoms with E-state index in [1.54, 1.807) is 0 Å². The molecule has 2 aromatic heterocycles. The first-order valence-electron chi connectivity index (χ1n) is 6.93. The zero-order valence-corrected chi connectivity index (χ0v) is 12.0. The quantitative estimate of drug-likeness (QED) is 0.833. The molecular formula is C15H23N3O. The molecule has 0 saturated carbocycles. The van der Waals surface area contributed by atoms with Crippen molar-refractivity contribution in [2.75, 3.05) is 13.2 Å². The maximum Gasteiger partial charge on any atom is 0.142 e. The third-order valence-corrected chi connectivity index (χ3v) is 3.02. The number of nitrogens with zero attached hydrogens (tertiary/aromatic N) is 2. The highest BCUT2D eigenvalue weighted by molar-refractivity contribution is 5.80. The highest BCUT2D eigenvalue weighted by Gasteiger charge is 2.08. The van der Waals surface area contributed by atoms with Crippen LogP contribution in [0.1, 0.15) is 26.3 Å². The number of aromatic nitrogens is 2. The summed E-state index contributed by atoms with van der Waals surface area (Å²) in [6, 6.07) is 4.11. The molecule has 0 bridgehead atoms.